The number of rotatable bonds is 1. The molecule has 1 aliphatic rings. The summed E-state index contributed by atoms with van der Waals surface area (Å²) in [5.41, 5.74) is 8.47. The Hall–Kier alpha value is -3.00. The molecule has 0 unspecified atom stereocenters. The molecule has 1 aromatic carbocycles. The third-order valence-corrected chi connectivity index (χ3v) is 4.06. The van der Waals surface area contributed by atoms with Crippen molar-refractivity contribution < 1.29 is 9.32 Å². The molecular formula is C17H20N6O2. The molecule has 1 aliphatic heterocycles. The zero-order valence-corrected chi connectivity index (χ0v) is 14.6. The first-order chi connectivity index (χ1) is 12.1. The van der Waals surface area contributed by atoms with Crippen molar-refractivity contribution in [2.45, 2.75) is 20.4 Å². The summed E-state index contributed by atoms with van der Waals surface area (Å²) in [6.07, 6.45) is 1.71. The molecule has 0 spiro atoms. The third-order valence-electron chi connectivity index (χ3n) is 4.06. The number of hydrogen-bond acceptors (Lipinski definition) is 6. The molecule has 130 valence electrons. The van der Waals surface area contributed by atoms with E-state index < -0.39 is 0 Å². The minimum absolute atomic E-state index is 0.00274. The topological polar surface area (TPSA) is 103 Å². The molecule has 0 radical (unpaired) electrons. The Morgan fingerprint density at radius 3 is 2.68 bits per heavy atom. The monoisotopic (exact) mass is 340 g/mol. The molecule has 0 saturated heterocycles. The predicted octanol–water partition coefficient (Wildman–Crippen LogP) is 1.70. The zero-order chi connectivity index (χ0) is 18.1. The average Bonchev–Trinajstić information content (AvgIpc) is 3.19. The fraction of sp³-hybridized carbons (Fsp3) is 0.294. The molecule has 2 N–H and O–H groups in total. The van der Waals surface area contributed by atoms with Gasteiger partial charge >= 0.3 is 0 Å². The van der Waals surface area contributed by atoms with Crippen LogP contribution in [-0.4, -0.2) is 44.6 Å². The molecule has 0 bridgehead atoms. The molecular weight excluding hydrogens is 320 g/mol. The lowest BCUT2D eigenvalue weighted by molar-refractivity contribution is 0.0787. The van der Waals surface area contributed by atoms with Crippen molar-refractivity contribution in [3.05, 3.63) is 47.2 Å². The van der Waals surface area contributed by atoms with E-state index in [1.807, 2.05) is 29.7 Å². The van der Waals surface area contributed by atoms with Crippen LogP contribution in [0, 0.1) is 13.8 Å². The van der Waals surface area contributed by atoms with Crippen LogP contribution in [0.5, 0.6) is 0 Å². The molecule has 0 atom stereocenters. The van der Waals surface area contributed by atoms with E-state index in [4.69, 9.17) is 4.52 Å². The maximum Gasteiger partial charge on any atom is 0.256 e. The number of fused-ring (bicyclic) bond motifs is 3. The van der Waals surface area contributed by atoms with Gasteiger partial charge in [0.1, 0.15) is 12.0 Å². The van der Waals surface area contributed by atoms with Gasteiger partial charge in [0.15, 0.2) is 0 Å². The first-order valence-electron chi connectivity index (χ1n) is 7.86. The van der Waals surface area contributed by atoms with Crippen molar-refractivity contribution >= 4 is 5.91 Å². The minimum Gasteiger partial charge on any atom is -0.339 e. The molecule has 0 aliphatic carbocycles. The number of hydrogen-bond donors (Lipinski definition) is 1. The summed E-state index contributed by atoms with van der Waals surface area (Å²) in [5.74, 6) is 0.918. The Kier molecular flexibility index (Phi) is 4.37. The summed E-state index contributed by atoms with van der Waals surface area (Å²) < 4.78 is 6.99. The lowest BCUT2D eigenvalue weighted by Crippen LogP contribution is -2.25. The maximum atomic E-state index is 12.7. The van der Waals surface area contributed by atoms with E-state index in [1.54, 1.807) is 25.2 Å². The third kappa shape index (κ3) is 2.70. The van der Waals surface area contributed by atoms with Gasteiger partial charge in [0.05, 0.1) is 23.5 Å². The van der Waals surface area contributed by atoms with Crippen LogP contribution in [0.2, 0.25) is 0 Å². The van der Waals surface area contributed by atoms with Crippen LogP contribution in [0.1, 0.15) is 27.5 Å². The van der Waals surface area contributed by atoms with E-state index >= 15 is 0 Å². The number of imidazole rings is 1. The SMILES string of the molecule is CN.Cc1nc(-c2ncn3c2CN(C)C(=O)c2c(C)cccc2-3)no1. The van der Waals surface area contributed by atoms with Gasteiger partial charge in [-0.3, -0.25) is 9.36 Å². The Labute approximate surface area is 145 Å². The lowest BCUT2D eigenvalue weighted by Gasteiger charge is -2.15. The second kappa shape index (κ2) is 6.48. The van der Waals surface area contributed by atoms with E-state index in [0.29, 0.717) is 29.5 Å². The van der Waals surface area contributed by atoms with Crippen LogP contribution in [0.4, 0.5) is 0 Å². The molecule has 4 rings (SSSR count). The number of carbonyl (C=O) groups is 1. The van der Waals surface area contributed by atoms with Gasteiger partial charge in [-0.15, -0.1) is 0 Å². The maximum absolute atomic E-state index is 12.7. The van der Waals surface area contributed by atoms with Gasteiger partial charge in [0.25, 0.3) is 5.91 Å². The van der Waals surface area contributed by atoms with Crippen molar-refractivity contribution in [3.8, 4) is 17.2 Å². The van der Waals surface area contributed by atoms with Gasteiger partial charge in [-0.05, 0) is 25.6 Å². The standard InChI is InChI=1S/C16H15N5O2.CH5N/c1-9-5-4-6-11-13(9)16(22)20(3)7-12-14(17-8-21(11)12)15-18-10(2)23-19-15;1-2/h4-6,8H,7H2,1-3H3;2H2,1H3. The first kappa shape index (κ1) is 16.8. The Morgan fingerprint density at radius 1 is 1.24 bits per heavy atom. The molecule has 25 heavy (non-hydrogen) atoms. The summed E-state index contributed by atoms with van der Waals surface area (Å²) in [6.45, 7) is 4.10. The van der Waals surface area contributed by atoms with Crippen LogP contribution in [0.15, 0.2) is 29.0 Å². The average molecular weight is 340 g/mol. The van der Waals surface area contributed by atoms with Crippen molar-refractivity contribution in [2.24, 2.45) is 5.73 Å². The summed E-state index contributed by atoms with van der Waals surface area (Å²) >= 11 is 0. The van der Waals surface area contributed by atoms with Crippen LogP contribution in [-0.2, 0) is 6.54 Å². The highest BCUT2D eigenvalue weighted by Crippen LogP contribution is 2.30. The lowest BCUT2D eigenvalue weighted by atomic mass is 10.1. The quantitative estimate of drug-likeness (QED) is 0.723. The first-order valence-corrected chi connectivity index (χ1v) is 7.86. The predicted molar refractivity (Wildman–Crippen MR) is 92.2 cm³/mol. The van der Waals surface area contributed by atoms with Crippen LogP contribution in [0.25, 0.3) is 17.2 Å². The fourth-order valence-electron chi connectivity index (χ4n) is 2.93. The molecule has 0 fully saturated rings. The van der Waals surface area contributed by atoms with Gasteiger partial charge < -0.3 is 15.2 Å². The highest BCUT2D eigenvalue weighted by Gasteiger charge is 2.28. The van der Waals surface area contributed by atoms with E-state index in [-0.39, 0.29) is 5.91 Å². The van der Waals surface area contributed by atoms with Gasteiger partial charge in [-0.1, -0.05) is 17.3 Å². The number of carbonyl (C=O) groups excluding carboxylic acids is 1. The normalized spacial score (nSPS) is 12.8. The summed E-state index contributed by atoms with van der Waals surface area (Å²) in [6, 6.07) is 5.81. The van der Waals surface area contributed by atoms with Crippen LogP contribution >= 0.6 is 0 Å². The van der Waals surface area contributed by atoms with Crippen molar-refractivity contribution in [1.82, 2.24) is 24.6 Å². The molecule has 3 heterocycles. The highest BCUT2D eigenvalue weighted by molar-refractivity contribution is 5.99. The summed E-state index contributed by atoms with van der Waals surface area (Å²) in [5, 5.41) is 3.95. The Bertz CT molecular complexity index is 927. The van der Waals surface area contributed by atoms with Gasteiger partial charge in [-0.25, -0.2) is 4.98 Å². The number of amides is 1. The zero-order valence-electron chi connectivity index (χ0n) is 14.6. The summed E-state index contributed by atoms with van der Waals surface area (Å²) in [7, 11) is 3.28. The Balaban J connectivity index is 0.000000880. The van der Waals surface area contributed by atoms with Gasteiger partial charge in [-0.2, -0.15) is 4.98 Å². The molecule has 3 aromatic rings. The number of nitrogens with zero attached hydrogens (tertiary/aromatic N) is 5. The smallest absolute Gasteiger partial charge is 0.256 e. The number of aromatic nitrogens is 4. The van der Waals surface area contributed by atoms with E-state index in [0.717, 1.165) is 16.9 Å². The number of aryl methyl sites for hydroxylation is 2. The molecule has 1 amide bonds. The van der Waals surface area contributed by atoms with Crippen molar-refractivity contribution in [3.63, 3.8) is 0 Å². The second-order valence-electron chi connectivity index (χ2n) is 5.68. The Morgan fingerprint density at radius 2 is 2.00 bits per heavy atom. The van der Waals surface area contributed by atoms with Gasteiger partial charge in [0.2, 0.25) is 11.7 Å². The minimum atomic E-state index is -0.00274. The molecule has 2 aromatic heterocycles. The van der Waals surface area contributed by atoms with E-state index in [9.17, 15) is 4.79 Å². The molecule has 8 nitrogen and oxygen atoms in total. The van der Waals surface area contributed by atoms with Crippen LogP contribution < -0.4 is 5.73 Å². The van der Waals surface area contributed by atoms with Crippen molar-refractivity contribution in [2.75, 3.05) is 14.1 Å². The number of nitrogens with two attached hydrogens (primary N) is 1. The fourth-order valence-corrected chi connectivity index (χ4v) is 2.93. The van der Waals surface area contributed by atoms with Crippen LogP contribution in [0.3, 0.4) is 0 Å². The number of benzene rings is 1. The largest absolute Gasteiger partial charge is 0.339 e. The van der Waals surface area contributed by atoms with Crippen molar-refractivity contribution in [1.29, 1.82) is 0 Å². The summed E-state index contributed by atoms with van der Waals surface area (Å²) in [4.78, 5) is 23.1. The molecule has 0 saturated carbocycles. The van der Waals surface area contributed by atoms with E-state index in [2.05, 4.69) is 20.9 Å². The highest BCUT2D eigenvalue weighted by atomic mass is 16.5. The second-order valence-corrected chi connectivity index (χ2v) is 5.68. The molecule has 8 heteroatoms. The van der Waals surface area contributed by atoms with E-state index in [1.165, 1.54) is 7.05 Å². The van der Waals surface area contributed by atoms with Gasteiger partial charge in [0, 0.05) is 14.0 Å².